The molecule has 1 aliphatic heterocycles. The average molecular weight is 347 g/mol. The monoisotopic (exact) mass is 346 g/mol. The maximum absolute atomic E-state index is 11.7. The molecule has 2 atom stereocenters. The van der Waals surface area contributed by atoms with Crippen LogP contribution in [0.25, 0.3) is 0 Å². The zero-order chi connectivity index (χ0) is 13.9. The van der Waals surface area contributed by atoms with Gasteiger partial charge in [0.2, 0.25) is 10.0 Å². The van der Waals surface area contributed by atoms with E-state index >= 15 is 0 Å². The molecule has 0 bridgehead atoms. The Morgan fingerprint density at radius 1 is 1.47 bits per heavy atom. The van der Waals surface area contributed by atoms with E-state index in [0.29, 0.717) is 0 Å². The molecule has 106 valence electrons. The maximum atomic E-state index is 11.7. The number of benzene rings is 1. The Balaban J connectivity index is 2.03. The molecule has 1 aromatic carbocycles. The lowest BCUT2D eigenvalue weighted by Crippen LogP contribution is -2.45. The maximum Gasteiger partial charge on any atom is 0.211 e. The lowest BCUT2D eigenvalue weighted by atomic mass is 10.0. The molecule has 1 aliphatic rings. The summed E-state index contributed by atoms with van der Waals surface area (Å²) in [7, 11) is -3.14. The normalized spacial score (nSPS) is 23.7. The first kappa shape index (κ1) is 15.0. The van der Waals surface area contributed by atoms with Crippen LogP contribution in [0.4, 0.5) is 0 Å². The molecular formula is C13H19BrN2O2S. The van der Waals surface area contributed by atoms with Crippen LogP contribution < -0.4 is 10.0 Å². The van der Waals surface area contributed by atoms with E-state index in [9.17, 15) is 8.42 Å². The highest BCUT2D eigenvalue weighted by atomic mass is 79.9. The third-order valence-corrected chi connectivity index (χ3v) is 5.32. The third kappa shape index (κ3) is 4.27. The highest BCUT2D eigenvalue weighted by molar-refractivity contribution is 9.10. The molecular weight excluding hydrogens is 328 g/mol. The van der Waals surface area contributed by atoms with Crippen molar-refractivity contribution in [3.63, 3.8) is 0 Å². The molecule has 0 aliphatic carbocycles. The van der Waals surface area contributed by atoms with Crippen molar-refractivity contribution in [3.8, 4) is 0 Å². The van der Waals surface area contributed by atoms with Crippen molar-refractivity contribution in [3.05, 3.63) is 34.3 Å². The first-order valence-electron chi connectivity index (χ1n) is 6.48. The molecule has 1 heterocycles. The van der Waals surface area contributed by atoms with E-state index in [2.05, 4.69) is 38.1 Å². The lowest BCUT2D eigenvalue weighted by Gasteiger charge is -2.20. The van der Waals surface area contributed by atoms with Gasteiger partial charge in [-0.1, -0.05) is 28.1 Å². The number of rotatable bonds is 5. The van der Waals surface area contributed by atoms with Gasteiger partial charge in [-0.25, -0.2) is 13.1 Å². The van der Waals surface area contributed by atoms with E-state index in [0.717, 1.165) is 23.9 Å². The fourth-order valence-electron chi connectivity index (χ4n) is 2.36. The smallest absolute Gasteiger partial charge is 0.211 e. The van der Waals surface area contributed by atoms with Gasteiger partial charge in [-0.2, -0.15) is 0 Å². The van der Waals surface area contributed by atoms with Crippen molar-refractivity contribution in [2.75, 3.05) is 12.3 Å². The average Bonchev–Trinajstić information content (AvgIpc) is 2.76. The zero-order valence-corrected chi connectivity index (χ0v) is 13.3. The Labute approximate surface area is 123 Å². The highest BCUT2D eigenvalue weighted by Crippen LogP contribution is 2.17. The van der Waals surface area contributed by atoms with E-state index in [4.69, 9.17) is 0 Å². The van der Waals surface area contributed by atoms with E-state index in [-0.39, 0.29) is 17.8 Å². The van der Waals surface area contributed by atoms with Gasteiger partial charge in [-0.05, 0) is 44.0 Å². The number of sulfonamides is 1. The van der Waals surface area contributed by atoms with E-state index in [1.54, 1.807) is 6.92 Å². The van der Waals surface area contributed by atoms with Crippen molar-refractivity contribution in [1.29, 1.82) is 0 Å². The van der Waals surface area contributed by atoms with Crippen LogP contribution in [0.15, 0.2) is 28.7 Å². The molecule has 2 N–H and O–H groups in total. The zero-order valence-electron chi connectivity index (χ0n) is 10.9. The lowest BCUT2D eigenvalue weighted by molar-refractivity contribution is 0.492. The summed E-state index contributed by atoms with van der Waals surface area (Å²) in [5.74, 6) is 0.132. The van der Waals surface area contributed by atoms with Gasteiger partial charge in [0.15, 0.2) is 0 Å². The number of hydrogen-bond donors (Lipinski definition) is 2. The van der Waals surface area contributed by atoms with Crippen LogP contribution in [0.5, 0.6) is 0 Å². The predicted octanol–water partition coefficient (Wildman–Crippen LogP) is 1.66. The quantitative estimate of drug-likeness (QED) is 0.852. The van der Waals surface area contributed by atoms with Gasteiger partial charge in [0.1, 0.15) is 0 Å². The molecule has 1 saturated heterocycles. The van der Waals surface area contributed by atoms with Crippen molar-refractivity contribution in [2.45, 2.75) is 31.8 Å². The number of nitrogens with one attached hydrogen (secondary N) is 2. The highest BCUT2D eigenvalue weighted by Gasteiger charge is 2.29. The fourth-order valence-corrected chi connectivity index (χ4v) is 3.71. The van der Waals surface area contributed by atoms with Crippen LogP contribution in [-0.4, -0.2) is 32.8 Å². The molecule has 2 rings (SSSR count). The van der Waals surface area contributed by atoms with Crippen LogP contribution in [0, 0.1) is 0 Å². The fraction of sp³-hybridized carbons (Fsp3) is 0.538. The Kier molecular flexibility index (Phi) is 5.00. The largest absolute Gasteiger partial charge is 0.312 e. The molecule has 0 spiro atoms. The number of hydrogen-bond acceptors (Lipinski definition) is 3. The van der Waals surface area contributed by atoms with Crippen molar-refractivity contribution < 1.29 is 8.42 Å². The summed E-state index contributed by atoms with van der Waals surface area (Å²) in [6.45, 7) is 2.52. The second kappa shape index (κ2) is 6.35. The number of halogens is 1. The molecule has 0 aromatic heterocycles. The molecule has 0 radical (unpaired) electrons. The van der Waals surface area contributed by atoms with Gasteiger partial charge in [-0.15, -0.1) is 0 Å². The van der Waals surface area contributed by atoms with E-state index in [1.807, 2.05) is 12.1 Å². The van der Waals surface area contributed by atoms with Crippen molar-refractivity contribution in [2.24, 2.45) is 0 Å². The standard InChI is InChI=1S/C13H19BrN2O2S/c1-2-19(17,18)16-12-6-7-15-13(12)9-10-4-3-5-11(14)8-10/h3-5,8,12-13,15-16H,2,6-7,9H2,1H3. The minimum absolute atomic E-state index is 0.0102. The van der Waals surface area contributed by atoms with E-state index < -0.39 is 10.0 Å². The van der Waals surface area contributed by atoms with Crippen molar-refractivity contribution in [1.82, 2.24) is 10.0 Å². The summed E-state index contributed by atoms with van der Waals surface area (Å²) in [5.41, 5.74) is 1.20. The third-order valence-electron chi connectivity index (χ3n) is 3.40. The molecule has 0 amide bonds. The molecule has 2 unspecified atom stereocenters. The molecule has 4 nitrogen and oxygen atoms in total. The van der Waals surface area contributed by atoms with Gasteiger partial charge in [0, 0.05) is 16.6 Å². The molecule has 19 heavy (non-hydrogen) atoms. The molecule has 1 fully saturated rings. The summed E-state index contributed by atoms with van der Waals surface area (Å²) in [4.78, 5) is 0. The van der Waals surface area contributed by atoms with Gasteiger partial charge < -0.3 is 5.32 Å². The molecule has 0 saturated carbocycles. The van der Waals surface area contributed by atoms with Gasteiger partial charge in [-0.3, -0.25) is 0 Å². The SMILES string of the molecule is CCS(=O)(=O)NC1CCNC1Cc1cccc(Br)c1. The summed E-state index contributed by atoms with van der Waals surface area (Å²) >= 11 is 3.45. The first-order valence-corrected chi connectivity index (χ1v) is 8.92. The van der Waals surface area contributed by atoms with Crippen LogP contribution >= 0.6 is 15.9 Å². The van der Waals surface area contributed by atoms with Gasteiger partial charge in [0.05, 0.1) is 5.75 Å². The van der Waals surface area contributed by atoms with Crippen LogP contribution in [0.1, 0.15) is 18.9 Å². The predicted molar refractivity (Wildman–Crippen MR) is 80.6 cm³/mol. The first-order chi connectivity index (χ1) is 9.00. The second-order valence-corrected chi connectivity index (χ2v) is 7.77. The topological polar surface area (TPSA) is 58.2 Å². The summed E-state index contributed by atoms with van der Waals surface area (Å²) in [5, 5.41) is 3.38. The van der Waals surface area contributed by atoms with Gasteiger partial charge in [0.25, 0.3) is 0 Å². The van der Waals surface area contributed by atoms with Gasteiger partial charge >= 0.3 is 0 Å². The molecule has 6 heteroatoms. The summed E-state index contributed by atoms with van der Waals surface area (Å²) < 4.78 is 27.2. The van der Waals surface area contributed by atoms with Crippen LogP contribution in [-0.2, 0) is 16.4 Å². The Bertz CT molecular complexity index is 533. The Morgan fingerprint density at radius 2 is 2.26 bits per heavy atom. The Hall–Kier alpha value is -0.430. The Morgan fingerprint density at radius 3 is 2.95 bits per heavy atom. The molecule has 1 aromatic rings. The minimum Gasteiger partial charge on any atom is -0.312 e. The van der Waals surface area contributed by atoms with Crippen LogP contribution in [0.3, 0.4) is 0 Å². The minimum atomic E-state index is -3.14. The van der Waals surface area contributed by atoms with Crippen LogP contribution in [0.2, 0.25) is 0 Å². The van der Waals surface area contributed by atoms with E-state index in [1.165, 1.54) is 5.56 Å². The second-order valence-electron chi connectivity index (χ2n) is 4.81. The van der Waals surface area contributed by atoms with Crippen molar-refractivity contribution >= 4 is 26.0 Å². The summed E-state index contributed by atoms with van der Waals surface area (Å²) in [6, 6.07) is 8.28. The summed E-state index contributed by atoms with van der Waals surface area (Å²) in [6.07, 6.45) is 1.67.